The minimum atomic E-state index is -0.581. The lowest BCUT2D eigenvalue weighted by Gasteiger charge is -2.62. The van der Waals surface area contributed by atoms with Crippen molar-refractivity contribution in [3.8, 4) is 11.1 Å². The number of fused-ring (bicyclic) bond motifs is 2. The summed E-state index contributed by atoms with van der Waals surface area (Å²) in [6, 6.07) is 12.0. The van der Waals surface area contributed by atoms with E-state index in [0.29, 0.717) is 65.0 Å². The molecule has 2 atom stereocenters. The number of hydrogen-bond acceptors (Lipinski definition) is 7. The van der Waals surface area contributed by atoms with Gasteiger partial charge in [0.1, 0.15) is 11.5 Å². The van der Waals surface area contributed by atoms with E-state index < -0.39 is 5.82 Å². The molecule has 0 bridgehead atoms. The van der Waals surface area contributed by atoms with Gasteiger partial charge in [0, 0.05) is 66.2 Å². The van der Waals surface area contributed by atoms with Crippen molar-refractivity contribution in [2.45, 2.75) is 77.0 Å². The van der Waals surface area contributed by atoms with E-state index in [2.05, 4.69) is 51.5 Å². The van der Waals surface area contributed by atoms with Gasteiger partial charge in [-0.2, -0.15) is 4.98 Å². The fourth-order valence-corrected chi connectivity index (χ4v) is 7.71. The van der Waals surface area contributed by atoms with Gasteiger partial charge in [-0.25, -0.2) is 9.37 Å². The molecule has 2 unspecified atom stereocenters. The lowest BCUT2D eigenvalue weighted by molar-refractivity contribution is -0.121. The number of carbonyl (C=O) groups excluding carboxylic acids is 1. The van der Waals surface area contributed by atoms with Gasteiger partial charge in [0.15, 0.2) is 0 Å². The van der Waals surface area contributed by atoms with Crippen LogP contribution in [0.4, 0.5) is 21.7 Å². The number of nitrogens with zero attached hydrogens (tertiary/aromatic N) is 5. The summed E-state index contributed by atoms with van der Waals surface area (Å²) < 4.78 is 16.3. The maximum atomic E-state index is 14.6. The van der Waals surface area contributed by atoms with E-state index >= 15 is 0 Å². The van der Waals surface area contributed by atoms with Crippen molar-refractivity contribution in [2.24, 2.45) is 0 Å². The van der Waals surface area contributed by atoms with Crippen molar-refractivity contribution in [3.63, 3.8) is 0 Å². The Morgan fingerprint density at radius 2 is 1.87 bits per heavy atom. The first kappa shape index (κ1) is 30.6. The maximum absolute atomic E-state index is 14.6. The molecule has 7 rings (SSSR count). The Kier molecular flexibility index (Phi) is 7.97. The normalized spacial score (nSPS) is 22.6. The summed E-state index contributed by atoms with van der Waals surface area (Å²) in [6.45, 7) is 7.94. The van der Waals surface area contributed by atoms with E-state index in [4.69, 9.17) is 16.6 Å². The van der Waals surface area contributed by atoms with Crippen molar-refractivity contribution >= 4 is 45.9 Å². The predicted octanol–water partition coefficient (Wildman–Crippen LogP) is 6.12. The zero-order valence-corrected chi connectivity index (χ0v) is 27.4. The van der Waals surface area contributed by atoms with Gasteiger partial charge in [0.25, 0.3) is 5.56 Å². The van der Waals surface area contributed by atoms with E-state index in [1.54, 1.807) is 22.9 Å². The van der Waals surface area contributed by atoms with Gasteiger partial charge < -0.3 is 15.5 Å². The highest BCUT2D eigenvalue weighted by Crippen LogP contribution is 2.39. The summed E-state index contributed by atoms with van der Waals surface area (Å²) in [7, 11) is 2.18. The van der Waals surface area contributed by atoms with Crippen LogP contribution < -0.4 is 21.1 Å². The van der Waals surface area contributed by atoms with Crippen LogP contribution in [0, 0.1) is 19.7 Å². The first-order chi connectivity index (χ1) is 22.1. The molecular weight excluding hydrogens is 605 g/mol. The molecule has 4 heterocycles. The van der Waals surface area contributed by atoms with Crippen LogP contribution in [0.15, 0.2) is 47.4 Å². The third-order valence-corrected chi connectivity index (χ3v) is 10.6. The minimum Gasteiger partial charge on any atom is -0.364 e. The topological polar surface area (TPSA) is 95.4 Å². The van der Waals surface area contributed by atoms with Gasteiger partial charge in [-0.05, 0) is 82.0 Å². The van der Waals surface area contributed by atoms with Crippen molar-refractivity contribution in [2.75, 3.05) is 30.4 Å². The average Bonchev–Trinajstić information content (AvgIpc) is 3.03. The standard InChI is InChI=1S/C35H39ClFN7O2/c1-5-30(45)39-21-9-12-23(13-10-21)44-33-25(20(3)31(34(44)46)24-7-6-8-26(37)32(24)36)16-38-35(41-33)40-22-11-14-27(19(2)15-22)43-18-28-29(43)17-42(28)4/h6-8,11,14-16,21,23,28-29H,5,9-10,12-13,17-18H2,1-4H3,(H,39,45)(H,38,40,41). The smallest absolute Gasteiger partial charge is 0.260 e. The van der Waals surface area contributed by atoms with E-state index in [1.165, 1.54) is 17.3 Å². The van der Waals surface area contributed by atoms with E-state index in [9.17, 15) is 14.0 Å². The second kappa shape index (κ2) is 12.0. The second-order valence-corrected chi connectivity index (χ2v) is 13.4. The van der Waals surface area contributed by atoms with Gasteiger partial charge >= 0.3 is 0 Å². The second-order valence-electron chi connectivity index (χ2n) is 13.0. The third-order valence-electron chi connectivity index (χ3n) is 10.2. The molecule has 9 nitrogen and oxygen atoms in total. The fraction of sp³-hybridized carbons (Fsp3) is 0.429. The Balaban J connectivity index is 1.25. The zero-order valence-electron chi connectivity index (χ0n) is 26.6. The summed E-state index contributed by atoms with van der Waals surface area (Å²) in [5.74, 6) is -0.166. The molecule has 3 aliphatic rings. The number of rotatable bonds is 7. The minimum absolute atomic E-state index is 0.0286. The number of pyridine rings is 1. The molecule has 1 amide bonds. The van der Waals surface area contributed by atoms with Crippen molar-refractivity contribution in [3.05, 3.63) is 74.9 Å². The number of aryl methyl sites for hydroxylation is 2. The lowest BCUT2D eigenvalue weighted by Crippen LogP contribution is -2.78. The van der Waals surface area contributed by atoms with E-state index in [-0.39, 0.29) is 28.6 Å². The SMILES string of the molecule is CCC(=O)NC1CCC(n2c(=O)c(-c3cccc(F)c3Cl)c(C)c3cnc(Nc4ccc(N5CC6C5CN6C)c(C)c4)nc32)CC1. The Morgan fingerprint density at radius 1 is 1.09 bits per heavy atom. The molecule has 2 aromatic heterocycles. The van der Waals surface area contributed by atoms with Crippen molar-refractivity contribution in [1.82, 2.24) is 24.8 Å². The van der Waals surface area contributed by atoms with Crippen LogP contribution >= 0.6 is 11.6 Å². The highest BCUT2D eigenvalue weighted by atomic mass is 35.5. The number of hydrogen-bond donors (Lipinski definition) is 2. The molecule has 1 aliphatic carbocycles. The van der Waals surface area contributed by atoms with Crippen LogP contribution in [-0.4, -0.2) is 63.6 Å². The van der Waals surface area contributed by atoms with Crippen LogP contribution in [-0.2, 0) is 4.79 Å². The largest absolute Gasteiger partial charge is 0.364 e. The average molecular weight is 644 g/mol. The number of likely N-dealkylation sites (tertiary alicyclic amines) is 1. The lowest BCUT2D eigenvalue weighted by atomic mass is 9.85. The quantitative estimate of drug-likeness (QED) is 0.250. The Labute approximate surface area is 272 Å². The van der Waals surface area contributed by atoms with Gasteiger partial charge in [0.2, 0.25) is 11.9 Å². The molecule has 11 heteroatoms. The highest BCUT2D eigenvalue weighted by Gasteiger charge is 2.49. The molecule has 1 saturated carbocycles. The first-order valence-electron chi connectivity index (χ1n) is 16.1. The molecule has 2 N–H and O–H groups in total. The number of carbonyl (C=O) groups is 1. The van der Waals surface area contributed by atoms with Gasteiger partial charge in [-0.3, -0.25) is 19.1 Å². The number of likely N-dealkylation sites (N-methyl/N-ethyl adjacent to an activating group) is 1. The van der Waals surface area contributed by atoms with Crippen LogP contribution in [0.5, 0.6) is 0 Å². The number of piperazine rings is 1. The first-order valence-corrected chi connectivity index (χ1v) is 16.5. The molecule has 2 aliphatic heterocycles. The summed E-state index contributed by atoms with van der Waals surface area (Å²) in [5, 5.41) is 7.07. The number of amides is 1. The molecule has 3 fully saturated rings. The van der Waals surface area contributed by atoms with Crippen molar-refractivity contribution < 1.29 is 9.18 Å². The molecule has 46 heavy (non-hydrogen) atoms. The van der Waals surface area contributed by atoms with Crippen LogP contribution in [0.3, 0.4) is 0 Å². The summed E-state index contributed by atoms with van der Waals surface area (Å²) in [5.41, 5.74) is 4.89. The Morgan fingerprint density at radius 3 is 2.54 bits per heavy atom. The summed E-state index contributed by atoms with van der Waals surface area (Å²) in [4.78, 5) is 40.9. The highest BCUT2D eigenvalue weighted by molar-refractivity contribution is 6.33. The fourth-order valence-electron chi connectivity index (χ4n) is 7.49. The zero-order chi connectivity index (χ0) is 32.3. The monoisotopic (exact) mass is 643 g/mol. The van der Waals surface area contributed by atoms with Crippen LogP contribution in [0.1, 0.15) is 56.2 Å². The maximum Gasteiger partial charge on any atom is 0.260 e. The number of halogens is 2. The van der Waals surface area contributed by atoms with Gasteiger partial charge in [-0.15, -0.1) is 0 Å². The number of anilines is 3. The van der Waals surface area contributed by atoms with Crippen LogP contribution in [0.25, 0.3) is 22.2 Å². The number of aromatic nitrogens is 3. The van der Waals surface area contributed by atoms with E-state index in [1.807, 2.05) is 19.9 Å². The molecular formula is C35H39ClFN7O2. The molecule has 4 aromatic rings. The number of nitrogens with one attached hydrogen (secondary N) is 2. The Hall–Kier alpha value is -4.02. The molecule has 0 spiro atoms. The Bertz CT molecular complexity index is 1900. The van der Waals surface area contributed by atoms with Gasteiger partial charge in [0.05, 0.1) is 16.6 Å². The van der Waals surface area contributed by atoms with Crippen molar-refractivity contribution in [1.29, 1.82) is 0 Å². The molecule has 0 radical (unpaired) electrons. The summed E-state index contributed by atoms with van der Waals surface area (Å²) >= 11 is 6.43. The van der Waals surface area contributed by atoms with Gasteiger partial charge in [-0.1, -0.05) is 30.7 Å². The summed E-state index contributed by atoms with van der Waals surface area (Å²) in [6.07, 6.45) is 5.02. The molecule has 2 aromatic carbocycles. The predicted molar refractivity (Wildman–Crippen MR) is 181 cm³/mol. The molecule has 240 valence electrons. The van der Waals surface area contributed by atoms with Crippen LogP contribution in [0.2, 0.25) is 5.02 Å². The number of benzene rings is 2. The third kappa shape index (κ3) is 5.21. The van der Waals surface area contributed by atoms with E-state index in [0.717, 1.165) is 31.6 Å². The molecule has 2 saturated heterocycles.